The SMILES string of the molecule is O=C(Cl)c1ccc(O)cc1Br. The summed E-state index contributed by atoms with van der Waals surface area (Å²) in [6.45, 7) is 0. The summed E-state index contributed by atoms with van der Waals surface area (Å²) < 4.78 is 0.498. The highest BCUT2D eigenvalue weighted by molar-refractivity contribution is 9.10. The first kappa shape index (κ1) is 8.56. The number of carbonyl (C=O) groups is 1. The van der Waals surface area contributed by atoms with E-state index in [1.54, 1.807) is 0 Å². The second-order valence-corrected chi connectivity index (χ2v) is 3.14. The monoisotopic (exact) mass is 234 g/mol. The van der Waals surface area contributed by atoms with E-state index in [2.05, 4.69) is 15.9 Å². The number of phenols is 1. The minimum Gasteiger partial charge on any atom is -0.508 e. The van der Waals surface area contributed by atoms with Gasteiger partial charge in [0, 0.05) is 10.0 Å². The molecule has 0 atom stereocenters. The molecule has 0 bridgehead atoms. The van der Waals surface area contributed by atoms with Gasteiger partial charge in [-0.15, -0.1) is 0 Å². The zero-order valence-electron chi connectivity index (χ0n) is 5.34. The highest BCUT2D eigenvalue weighted by Crippen LogP contribution is 2.23. The van der Waals surface area contributed by atoms with E-state index in [0.29, 0.717) is 10.0 Å². The number of halogens is 2. The molecule has 0 aliphatic carbocycles. The second kappa shape index (κ2) is 3.24. The lowest BCUT2D eigenvalue weighted by atomic mass is 10.2. The van der Waals surface area contributed by atoms with Crippen molar-refractivity contribution < 1.29 is 9.90 Å². The van der Waals surface area contributed by atoms with Crippen LogP contribution in [-0.4, -0.2) is 10.3 Å². The summed E-state index contributed by atoms with van der Waals surface area (Å²) in [5.41, 5.74) is 0.351. The Morgan fingerprint density at radius 1 is 1.55 bits per heavy atom. The van der Waals surface area contributed by atoms with Crippen LogP contribution in [0.15, 0.2) is 22.7 Å². The van der Waals surface area contributed by atoms with Gasteiger partial charge in [-0.2, -0.15) is 0 Å². The molecule has 0 amide bonds. The third kappa shape index (κ3) is 1.94. The van der Waals surface area contributed by atoms with E-state index in [4.69, 9.17) is 16.7 Å². The van der Waals surface area contributed by atoms with Gasteiger partial charge in [-0.1, -0.05) is 0 Å². The van der Waals surface area contributed by atoms with Crippen LogP contribution in [0.1, 0.15) is 10.4 Å². The Morgan fingerprint density at radius 2 is 2.18 bits per heavy atom. The first-order chi connectivity index (χ1) is 5.11. The van der Waals surface area contributed by atoms with Crippen molar-refractivity contribution in [3.8, 4) is 5.75 Å². The summed E-state index contributed by atoms with van der Waals surface area (Å²) in [6, 6.07) is 4.27. The fraction of sp³-hybridized carbons (Fsp3) is 0. The first-order valence-corrected chi connectivity index (χ1v) is 3.96. The van der Waals surface area contributed by atoms with Gasteiger partial charge in [0.1, 0.15) is 5.75 Å². The van der Waals surface area contributed by atoms with Gasteiger partial charge in [0.25, 0.3) is 5.24 Å². The van der Waals surface area contributed by atoms with Crippen LogP contribution in [0, 0.1) is 0 Å². The predicted octanol–water partition coefficient (Wildman–Crippen LogP) is 2.53. The lowest BCUT2D eigenvalue weighted by Crippen LogP contribution is -1.88. The van der Waals surface area contributed by atoms with Crippen LogP contribution in [0.4, 0.5) is 0 Å². The van der Waals surface area contributed by atoms with Crippen molar-refractivity contribution in [2.75, 3.05) is 0 Å². The summed E-state index contributed by atoms with van der Waals surface area (Å²) in [4.78, 5) is 10.6. The maximum atomic E-state index is 10.6. The molecule has 0 heterocycles. The highest BCUT2D eigenvalue weighted by Gasteiger charge is 2.06. The molecule has 0 aliphatic heterocycles. The number of phenolic OH excluding ortho intramolecular Hbond substituents is 1. The van der Waals surface area contributed by atoms with E-state index in [1.807, 2.05) is 0 Å². The largest absolute Gasteiger partial charge is 0.508 e. The van der Waals surface area contributed by atoms with Gasteiger partial charge in [-0.05, 0) is 45.7 Å². The fourth-order valence-corrected chi connectivity index (χ4v) is 1.49. The van der Waals surface area contributed by atoms with Crippen molar-refractivity contribution in [1.29, 1.82) is 0 Å². The third-order valence-corrected chi connectivity index (χ3v) is 2.02. The fourth-order valence-electron chi connectivity index (χ4n) is 0.663. The Hall–Kier alpha value is -0.540. The normalized spacial score (nSPS) is 9.64. The van der Waals surface area contributed by atoms with Crippen LogP contribution in [0.2, 0.25) is 0 Å². The Balaban J connectivity index is 3.20. The molecule has 0 aliphatic rings. The number of aromatic hydroxyl groups is 1. The summed E-state index contributed by atoms with van der Waals surface area (Å²) >= 11 is 8.29. The number of hydrogen-bond donors (Lipinski definition) is 1. The smallest absolute Gasteiger partial charge is 0.253 e. The molecule has 1 aromatic rings. The van der Waals surface area contributed by atoms with Gasteiger partial charge in [0.05, 0.1) is 0 Å². The van der Waals surface area contributed by atoms with E-state index in [1.165, 1.54) is 18.2 Å². The standard InChI is InChI=1S/C7H4BrClO2/c8-6-3-4(10)1-2-5(6)7(9)11/h1-3,10H. The van der Waals surface area contributed by atoms with Crippen LogP contribution >= 0.6 is 27.5 Å². The van der Waals surface area contributed by atoms with E-state index < -0.39 is 5.24 Å². The molecule has 0 saturated heterocycles. The molecule has 1 rings (SSSR count). The quantitative estimate of drug-likeness (QED) is 0.760. The average Bonchev–Trinajstić information content (AvgIpc) is 1.85. The molecule has 1 aromatic carbocycles. The highest BCUT2D eigenvalue weighted by atomic mass is 79.9. The van der Waals surface area contributed by atoms with Crippen LogP contribution in [0.5, 0.6) is 5.75 Å². The molecule has 0 aromatic heterocycles. The van der Waals surface area contributed by atoms with Gasteiger partial charge in [0.15, 0.2) is 0 Å². The van der Waals surface area contributed by atoms with E-state index in [-0.39, 0.29) is 5.75 Å². The van der Waals surface area contributed by atoms with E-state index >= 15 is 0 Å². The lowest BCUT2D eigenvalue weighted by molar-refractivity contribution is 0.108. The van der Waals surface area contributed by atoms with Crippen molar-refractivity contribution >= 4 is 32.8 Å². The minimum atomic E-state index is -0.545. The molecular weight excluding hydrogens is 231 g/mol. The Kier molecular flexibility index (Phi) is 2.52. The molecule has 0 radical (unpaired) electrons. The zero-order valence-corrected chi connectivity index (χ0v) is 7.69. The summed E-state index contributed by atoms with van der Waals surface area (Å²) in [6.07, 6.45) is 0. The Labute approximate surface area is 76.9 Å². The van der Waals surface area contributed by atoms with Crippen molar-refractivity contribution in [3.05, 3.63) is 28.2 Å². The number of benzene rings is 1. The van der Waals surface area contributed by atoms with Crippen LogP contribution < -0.4 is 0 Å². The number of hydrogen-bond acceptors (Lipinski definition) is 2. The molecule has 0 fully saturated rings. The summed E-state index contributed by atoms with van der Waals surface area (Å²) in [5, 5.41) is 8.39. The van der Waals surface area contributed by atoms with E-state index in [0.717, 1.165) is 0 Å². The van der Waals surface area contributed by atoms with Gasteiger partial charge in [-0.3, -0.25) is 4.79 Å². The number of carbonyl (C=O) groups excluding carboxylic acids is 1. The first-order valence-electron chi connectivity index (χ1n) is 2.79. The van der Waals surface area contributed by atoms with Gasteiger partial charge >= 0.3 is 0 Å². The molecule has 0 unspecified atom stereocenters. The Morgan fingerprint density at radius 3 is 2.64 bits per heavy atom. The maximum absolute atomic E-state index is 10.6. The number of rotatable bonds is 1. The summed E-state index contributed by atoms with van der Waals surface area (Å²) in [5.74, 6) is 0.0959. The van der Waals surface area contributed by atoms with Crippen molar-refractivity contribution in [1.82, 2.24) is 0 Å². The molecule has 0 saturated carbocycles. The molecule has 58 valence electrons. The van der Waals surface area contributed by atoms with Crippen LogP contribution in [0.3, 0.4) is 0 Å². The minimum absolute atomic E-state index is 0.0959. The second-order valence-electron chi connectivity index (χ2n) is 1.94. The van der Waals surface area contributed by atoms with Gasteiger partial charge in [-0.25, -0.2) is 0 Å². The maximum Gasteiger partial charge on any atom is 0.253 e. The Bertz CT molecular complexity index is 298. The van der Waals surface area contributed by atoms with Crippen LogP contribution in [0.25, 0.3) is 0 Å². The van der Waals surface area contributed by atoms with Crippen LogP contribution in [-0.2, 0) is 0 Å². The van der Waals surface area contributed by atoms with Crippen molar-refractivity contribution in [3.63, 3.8) is 0 Å². The molecule has 0 spiro atoms. The topological polar surface area (TPSA) is 37.3 Å². The molecule has 4 heteroatoms. The third-order valence-electron chi connectivity index (χ3n) is 1.16. The molecule has 1 N–H and O–H groups in total. The molecular formula is C7H4BrClO2. The lowest BCUT2D eigenvalue weighted by Gasteiger charge is -1.97. The van der Waals surface area contributed by atoms with Crippen molar-refractivity contribution in [2.24, 2.45) is 0 Å². The van der Waals surface area contributed by atoms with E-state index in [9.17, 15) is 4.79 Å². The summed E-state index contributed by atoms with van der Waals surface area (Å²) in [7, 11) is 0. The molecule has 2 nitrogen and oxygen atoms in total. The molecule has 11 heavy (non-hydrogen) atoms. The van der Waals surface area contributed by atoms with Gasteiger partial charge in [0.2, 0.25) is 0 Å². The average molecular weight is 235 g/mol. The zero-order chi connectivity index (χ0) is 8.43. The van der Waals surface area contributed by atoms with Gasteiger partial charge < -0.3 is 5.11 Å². The van der Waals surface area contributed by atoms with Crippen molar-refractivity contribution in [2.45, 2.75) is 0 Å². The predicted molar refractivity (Wildman–Crippen MR) is 46.0 cm³/mol.